The Kier molecular flexibility index (Phi) is 3.32. The van der Waals surface area contributed by atoms with Gasteiger partial charge >= 0.3 is 5.97 Å². The van der Waals surface area contributed by atoms with E-state index in [4.69, 9.17) is 0 Å². The van der Waals surface area contributed by atoms with Crippen LogP contribution < -0.4 is 4.90 Å². The molecule has 1 aromatic heterocycles. The van der Waals surface area contributed by atoms with E-state index in [9.17, 15) is 9.90 Å². The minimum Gasteiger partial charge on any atom is -0.477 e. The van der Waals surface area contributed by atoms with Crippen LogP contribution in [0.3, 0.4) is 0 Å². The number of carbonyl (C=O) groups is 1. The molecule has 2 aromatic rings. The van der Waals surface area contributed by atoms with Gasteiger partial charge in [0.1, 0.15) is 5.82 Å². The van der Waals surface area contributed by atoms with Crippen LogP contribution in [0.25, 0.3) is 10.8 Å². The van der Waals surface area contributed by atoms with Gasteiger partial charge in [0.2, 0.25) is 0 Å². The number of hydrogen-bond acceptors (Lipinski definition) is 3. The third kappa shape index (κ3) is 2.71. The molecule has 110 valence electrons. The van der Waals surface area contributed by atoms with Crippen LogP contribution in [-0.2, 0) is 0 Å². The minimum atomic E-state index is -0.974. The number of carboxylic acid groups (broad SMARTS) is 1. The molecule has 2 heterocycles. The molecule has 4 heteroatoms. The molecule has 1 N–H and O–H groups in total. The van der Waals surface area contributed by atoms with Crippen molar-refractivity contribution in [1.29, 1.82) is 0 Å². The summed E-state index contributed by atoms with van der Waals surface area (Å²) >= 11 is 0. The van der Waals surface area contributed by atoms with Crippen LogP contribution in [0.15, 0.2) is 30.3 Å². The second-order valence-electron chi connectivity index (χ2n) is 6.55. The highest BCUT2D eigenvalue weighted by molar-refractivity contribution is 5.98. The summed E-state index contributed by atoms with van der Waals surface area (Å²) in [7, 11) is 0. The van der Waals surface area contributed by atoms with Gasteiger partial charge in [-0.15, -0.1) is 0 Å². The maximum Gasteiger partial charge on any atom is 0.354 e. The van der Waals surface area contributed by atoms with Crippen molar-refractivity contribution in [2.45, 2.75) is 26.7 Å². The minimum absolute atomic E-state index is 0.118. The fourth-order valence-corrected chi connectivity index (χ4v) is 3.14. The highest BCUT2D eigenvalue weighted by Crippen LogP contribution is 2.34. The summed E-state index contributed by atoms with van der Waals surface area (Å²) in [6.45, 7) is 6.35. The van der Waals surface area contributed by atoms with Gasteiger partial charge in [-0.25, -0.2) is 9.78 Å². The van der Waals surface area contributed by atoms with Crippen molar-refractivity contribution in [2.24, 2.45) is 5.41 Å². The second kappa shape index (κ2) is 5.02. The summed E-state index contributed by atoms with van der Waals surface area (Å²) < 4.78 is 0. The van der Waals surface area contributed by atoms with Crippen molar-refractivity contribution in [3.05, 3.63) is 36.0 Å². The first kappa shape index (κ1) is 13.9. The maximum atomic E-state index is 11.3. The van der Waals surface area contributed by atoms with Crippen molar-refractivity contribution in [3.63, 3.8) is 0 Å². The molecule has 1 aromatic carbocycles. The monoisotopic (exact) mass is 284 g/mol. The zero-order valence-electron chi connectivity index (χ0n) is 12.5. The summed E-state index contributed by atoms with van der Waals surface area (Å²) in [4.78, 5) is 18.0. The number of pyridine rings is 1. The molecule has 0 atom stereocenters. The van der Waals surface area contributed by atoms with E-state index in [0.717, 1.165) is 36.1 Å². The first-order chi connectivity index (χ1) is 9.96. The van der Waals surface area contributed by atoms with E-state index in [-0.39, 0.29) is 11.1 Å². The Labute approximate surface area is 124 Å². The summed E-state index contributed by atoms with van der Waals surface area (Å²) in [5.74, 6) is -0.170. The lowest BCUT2D eigenvalue weighted by Gasteiger charge is -2.39. The Morgan fingerprint density at radius 1 is 1.33 bits per heavy atom. The van der Waals surface area contributed by atoms with E-state index < -0.39 is 5.97 Å². The van der Waals surface area contributed by atoms with Crippen LogP contribution in [0, 0.1) is 5.41 Å². The van der Waals surface area contributed by atoms with Gasteiger partial charge in [0, 0.05) is 18.5 Å². The number of rotatable bonds is 2. The SMILES string of the molecule is CC1(C)CCCN(c2nc(C(=O)O)cc3ccccc23)C1. The van der Waals surface area contributed by atoms with E-state index in [1.807, 2.05) is 24.3 Å². The lowest BCUT2D eigenvalue weighted by Crippen LogP contribution is -2.40. The smallest absolute Gasteiger partial charge is 0.354 e. The number of carboxylic acids is 1. The molecule has 1 fully saturated rings. The summed E-state index contributed by atoms with van der Waals surface area (Å²) in [5, 5.41) is 11.3. The lowest BCUT2D eigenvalue weighted by molar-refractivity contribution is 0.0691. The van der Waals surface area contributed by atoms with Gasteiger partial charge in [-0.3, -0.25) is 0 Å². The molecule has 4 nitrogen and oxygen atoms in total. The van der Waals surface area contributed by atoms with Gasteiger partial charge in [-0.1, -0.05) is 38.1 Å². The molecule has 0 saturated carbocycles. The molecule has 21 heavy (non-hydrogen) atoms. The first-order valence-electron chi connectivity index (χ1n) is 7.34. The molecule has 0 amide bonds. The quantitative estimate of drug-likeness (QED) is 0.916. The van der Waals surface area contributed by atoms with Gasteiger partial charge in [-0.2, -0.15) is 0 Å². The summed E-state index contributed by atoms with van der Waals surface area (Å²) in [5.41, 5.74) is 0.354. The topological polar surface area (TPSA) is 53.4 Å². The fraction of sp³-hybridized carbons (Fsp3) is 0.412. The number of aromatic carboxylic acids is 1. The van der Waals surface area contributed by atoms with Gasteiger partial charge in [0.05, 0.1) is 0 Å². The van der Waals surface area contributed by atoms with Crippen molar-refractivity contribution >= 4 is 22.6 Å². The van der Waals surface area contributed by atoms with Gasteiger partial charge in [0.15, 0.2) is 5.69 Å². The standard InChI is InChI=1S/C17H20N2O2/c1-17(2)8-5-9-19(11-17)15-13-7-4-3-6-12(13)10-14(18-15)16(20)21/h3-4,6-7,10H,5,8-9,11H2,1-2H3,(H,20,21). The van der Waals surface area contributed by atoms with E-state index in [1.165, 1.54) is 6.42 Å². The van der Waals surface area contributed by atoms with Crippen molar-refractivity contribution in [3.8, 4) is 0 Å². The zero-order valence-corrected chi connectivity index (χ0v) is 12.5. The highest BCUT2D eigenvalue weighted by Gasteiger charge is 2.28. The van der Waals surface area contributed by atoms with Gasteiger partial charge < -0.3 is 10.0 Å². The zero-order chi connectivity index (χ0) is 15.0. The van der Waals surface area contributed by atoms with Crippen LogP contribution in [0.4, 0.5) is 5.82 Å². The molecule has 1 saturated heterocycles. The third-order valence-corrected chi connectivity index (χ3v) is 4.14. The van der Waals surface area contributed by atoms with Crippen LogP contribution in [0.5, 0.6) is 0 Å². The van der Waals surface area contributed by atoms with Crippen molar-refractivity contribution < 1.29 is 9.90 Å². The van der Waals surface area contributed by atoms with Gasteiger partial charge in [0.25, 0.3) is 0 Å². The van der Waals surface area contributed by atoms with Crippen molar-refractivity contribution in [2.75, 3.05) is 18.0 Å². The predicted octanol–water partition coefficient (Wildman–Crippen LogP) is 3.56. The van der Waals surface area contributed by atoms with E-state index in [0.29, 0.717) is 0 Å². The van der Waals surface area contributed by atoms with Gasteiger partial charge in [-0.05, 0) is 29.7 Å². The summed E-state index contributed by atoms with van der Waals surface area (Å²) in [6, 6.07) is 9.52. The molecule has 1 aliphatic rings. The first-order valence-corrected chi connectivity index (χ1v) is 7.34. The molecular weight excluding hydrogens is 264 g/mol. The van der Waals surface area contributed by atoms with Crippen LogP contribution in [0.1, 0.15) is 37.2 Å². The molecule has 0 bridgehead atoms. The third-order valence-electron chi connectivity index (χ3n) is 4.14. The fourth-order valence-electron chi connectivity index (χ4n) is 3.14. The Bertz CT molecular complexity index is 694. The number of fused-ring (bicyclic) bond motifs is 1. The number of nitrogens with zero attached hydrogens (tertiary/aromatic N) is 2. The second-order valence-corrected chi connectivity index (χ2v) is 6.55. The number of anilines is 1. The maximum absolute atomic E-state index is 11.3. The Morgan fingerprint density at radius 3 is 2.81 bits per heavy atom. The molecule has 3 rings (SSSR count). The number of hydrogen-bond donors (Lipinski definition) is 1. The van der Waals surface area contributed by atoms with Crippen molar-refractivity contribution in [1.82, 2.24) is 4.98 Å². The van der Waals surface area contributed by atoms with Crippen LogP contribution >= 0.6 is 0 Å². The average molecular weight is 284 g/mol. The largest absolute Gasteiger partial charge is 0.477 e. The van der Waals surface area contributed by atoms with E-state index in [1.54, 1.807) is 6.07 Å². The lowest BCUT2D eigenvalue weighted by atomic mass is 9.84. The highest BCUT2D eigenvalue weighted by atomic mass is 16.4. The molecular formula is C17H20N2O2. The Morgan fingerprint density at radius 2 is 2.10 bits per heavy atom. The number of piperidine rings is 1. The van der Waals surface area contributed by atoms with E-state index >= 15 is 0 Å². The normalized spacial score (nSPS) is 17.9. The van der Waals surface area contributed by atoms with Crippen LogP contribution in [0.2, 0.25) is 0 Å². The number of benzene rings is 1. The Balaban J connectivity index is 2.13. The molecule has 0 unspecified atom stereocenters. The molecule has 0 spiro atoms. The Hall–Kier alpha value is -2.10. The number of aromatic nitrogens is 1. The van der Waals surface area contributed by atoms with E-state index in [2.05, 4.69) is 23.7 Å². The van der Waals surface area contributed by atoms with Crippen LogP contribution in [-0.4, -0.2) is 29.1 Å². The average Bonchev–Trinajstić information content (AvgIpc) is 2.45. The molecule has 0 aliphatic carbocycles. The summed E-state index contributed by atoms with van der Waals surface area (Å²) in [6.07, 6.45) is 2.31. The molecule has 0 radical (unpaired) electrons. The predicted molar refractivity (Wildman–Crippen MR) is 83.9 cm³/mol. The molecule has 1 aliphatic heterocycles.